The number of carboxylic acids is 1. The Morgan fingerprint density at radius 2 is 2.05 bits per heavy atom. The summed E-state index contributed by atoms with van der Waals surface area (Å²) in [5, 5.41) is 22.1. The quantitative estimate of drug-likeness (QED) is 0.599. The van der Waals surface area contributed by atoms with Gasteiger partial charge in [0.15, 0.2) is 0 Å². The molecule has 1 unspecified atom stereocenters. The average Bonchev–Trinajstić information content (AvgIpc) is 2.30. The first-order valence-electron chi connectivity index (χ1n) is 6.17. The Morgan fingerprint density at radius 3 is 2.57 bits per heavy atom. The van der Waals surface area contributed by atoms with Gasteiger partial charge in [-0.2, -0.15) is 0 Å². The molecule has 0 aromatic heterocycles. The van der Waals surface area contributed by atoms with Crippen molar-refractivity contribution in [2.45, 2.75) is 26.7 Å². The molecule has 2 N–H and O–H groups in total. The first-order valence-corrected chi connectivity index (χ1v) is 6.96. The van der Waals surface area contributed by atoms with Gasteiger partial charge in [0.1, 0.15) is 0 Å². The maximum Gasteiger partial charge on any atom is 0.303 e. The van der Waals surface area contributed by atoms with Crippen molar-refractivity contribution in [1.29, 1.82) is 0 Å². The molecule has 7 nitrogen and oxygen atoms in total. The second-order valence-electron chi connectivity index (χ2n) is 4.83. The molecule has 1 rings (SSSR count). The highest BCUT2D eigenvalue weighted by Crippen LogP contribution is 2.30. The monoisotopic (exact) mass is 358 g/mol. The van der Waals surface area contributed by atoms with Crippen LogP contribution in [0.2, 0.25) is 0 Å². The van der Waals surface area contributed by atoms with E-state index in [1.54, 1.807) is 19.9 Å². The van der Waals surface area contributed by atoms with Crippen LogP contribution >= 0.6 is 15.9 Å². The lowest BCUT2D eigenvalue weighted by Gasteiger charge is -2.11. The lowest BCUT2D eigenvalue weighted by Crippen LogP contribution is -2.17. The van der Waals surface area contributed by atoms with Gasteiger partial charge in [-0.05, 0) is 34.8 Å². The van der Waals surface area contributed by atoms with Gasteiger partial charge in [0.2, 0.25) is 5.91 Å². The Balaban J connectivity index is 2.83. The molecule has 0 saturated carbocycles. The second-order valence-corrected chi connectivity index (χ2v) is 5.69. The normalized spacial score (nSPS) is 11.8. The molecule has 0 spiro atoms. The van der Waals surface area contributed by atoms with Gasteiger partial charge in [-0.3, -0.25) is 19.7 Å². The summed E-state index contributed by atoms with van der Waals surface area (Å²) >= 11 is 3.23. The van der Waals surface area contributed by atoms with Gasteiger partial charge in [0, 0.05) is 28.9 Å². The minimum Gasteiger partial charge on any atom is -0.481 e. The molecule has 1 atom stereocenters. The average molecular weight is 359 g/mol. The molecule has 0 aliphatic carbocycles. The van der Waals surface area contributed by atoms with Gasteiger partial charge in [-0.1, -0.05) is 6.92 Å². The number of anilines is 1. The smallest absolute Gasteiger partial charge is 0.303 e. The Labute approximate surface area is 129 Å². The molecule has 1 amide bonds. The number of aliphatic carboxylic acids is 1. The molecule has 0 saturated heterocycles. The summed E-state index contributed by atoms with van der Waals surface area (Å²) in [5.74, 6) is -1.67. The highest BCUT2D eigenvalue weighted by atomic mass is 79.9. The van der Waals surface area contributed by atoms with Crippen LogP contribution in [-0.4, -0.2) is 21.9 Å². The zero-order valence-electron chi connectivity index (χ0n) is 11.6. The van der Waals surface area contributed by atoms with Crippen molar-refractivity contribution < 1.29 is 19.6 Å². The molecular formula is C13H15BrN2O5. The zero-order valence-corrected chi connectivity index (χ0v) is 13.1. The van der Waals surface area contributed by atoms with Crippen LogP contribution in [0.15, 0.2) is 16.6 Å². The number of nitrogens with zero attached hydrogens (tertiary/aromatic N) is 1. The van der Waals surface area contributed by atoms with E-state index in [0.29, 0.717) is 15.7 Å². The number of aryl methyl sites for hydroxylation is 1. The summed E-state index contributed by atoms with van der Waals surface area (Å²) in [5.41, 5.74) is 0.677. The fourth-order valence-corrected chi connectivity index (χ4v) is 2.40. The van der Waals surface area contributed by atoms with Crippen molar-refractivity contribution in [2.24, 2.45) is 5.92 Å². The van der Waals surface area contributed by atoms with E-state index in [4.69, 9.17) is 5.11 Å². The van der Waals surface area contributed by atoms with Crippen molar-refractivity contribution in [1.82, 2.24) is 0 Å². The molecule has 0 fully saturated rings. The summed E-state index contributed by atoms with van der Waals surface area (Å²) in [6.45, 7) is 3.25. The van der Waals surface area contributed by atoms with Crippen molar-refractivity contribution in [3.05, 3.63) is 32.3 Å². The molecule has 21 heavy (non-hydrogen) atoms. The minimum atomic E-state index is -0.970. The Bertz CT molecular complexity index is 588. The maximum atomic E-state index is 11.8. The van der Waals surface area contributed by atoms with Crippen LogP contribution in [0.1, 0.15) is 25.3 Å². The molecular weight excluding hydrogens is 344 g/mol. The number of hydrogen-bond acceptors (Lipinski definition) is 4. The fraction of sp³-hybridized carbons (Fsp3) is 0.385. The van der Waals surface area contributed by atoms with Gasteiger partial charge < -0.3 is 10.4 Å². The Morgan fingerprint density at radius 1 is 1.43 bits per heavy atom. The predicted molar refractivity (Wildman–Crippen MR) is 80.2 cm³/mol. The van der Waals surface area contributed by atoms with Crippen molar-refractivity contribution >= 4 is 39.2 Å². The van der Waals surface area contributed by atoms with E-state index in [9.17, 15) is 19.7 Å². The minimum absolute atomic E-state index is 0.0282. The van der Waals surface area contributed by atoms with Crippen LogP contribution in [0.4, 0.5) is 11.4 Å². The predicted octanol–water partition coefficient (Wildman–Crippen LogP) is 3.11. The maximum absolute atomic E-state index is 11.8. The third-order valence-corrected chi connectivity index (χ3v) is 3.47. The van der Waals surface area contributed by atoms with Crippen LogP contribution in [0.3, 0.4) is 0 Å². The van der Waals surface area contributed by atoms with E-state index in [1.165, 1.54) is 6.07 Å². The number of nitro groups is 1. The second kappa shape index (κ2) is 7.16. The molecule has 1 aromatic rings. The molecule has 0 bridgehead atoms. The van der Waals surface area contributed by atoms with Crippen LogP contribution in [0, 0.1) is 23.0 Å². The summed E-state index contributed by atoms with van der Waals surface area (Å²) in [7, 11) is 0. The first-order chi connectivity index (χ1) is 9.70. The third kappa shape index (κ3) is 5.14. The van der Waals surface area contributed by atoms with E-state index < -0.39 is 10.9 Å². The topological polar surface area (TPSA) is 110 Å². The zero-order chi connectivity index (χ0) is 16.2. The number of carbonyl (C=O) groups excluding carboxylic acids is 1. The molecule has 0 radical (unpaired) electrons. The van der Waals surface area contributed by atoms with E-state index >= 15 is 0 Å². The number of hydrogen-bond donors (Lipinski definition) is 2. The first kappa shape index (κ1) is 17.1. The van der Waals surface area contributed by atoms with Crippen molar-refractivity contribution in [3.63, 3.8) is 0 Å². The number of amides is 1. The SMILES string of the molecule is Cc1cc(Br)c(NC(=O)CC(C)CC(=O)O)cc1[N+](=O)[O-]. The standard InChI is InChI=1S/C13H15BrN2O5/c1-7(4-13(18)19)3-12(17)15-10-6-11(16(20)21)8(2)5-9(10)14/h5-7H,3-4H2,1-2H3,(H,15,17)(H,18,19). The van der Waals surface area contributed by atoms with Gasteiger partial charge in [0.05, 0.1) is 10.6 Å². The van der Waals surface area contributed by atoms with Crippen LogP contribution in [0.5, 0.6) is 0 Å². The number of halogens is 1. The van der Waals surface area contributed by atoms with Gasteiger partial charge in [-0.25, -0.2) is 0 Å². The molecule has 0 heterocycles. The molecule has 0 aliphatic rings. The third-order valence-electron chi connectivity index (χ3n) is 2.81. The van der Waals surface area contributed by atoms with Crippen LogP contribution in [-0.2, 0) is 9.59 Å². The Kier molecular flexibility index (Phi) is 5.83. The van der Waals surface area contributed by atoms with Crippen LogP contribution in [0.25, 0.3) is 0 Å². The summed E-state index contributed by atoms with van der Waals surface area (Å²) in [4.78, 5) is 32.7. The fourth-order valence-electron chi connectivity index (χ4n) is 1.84. The van der Waals surface area contributed by atoms with Crippen molar-refractivity contribution in [2.75, 3.05) is 5.32 Å². The number of rotatable bonds is 6. The summed E-state index contributed by atoms with van der Waals surface area (Å²) in [6, 6.07) is 2.83. The van der Waals surface area contributed by atoms with Gasteiger partial charge in [-0.15, -0.1) is 0 Å². The molecule has 8 heteroatoms. The van der Waals surface area contributed by atoms with Crippen molar-refractivity contribution in [3.8, 4) is 0 Å². The van der Waals surface area contributed by atoms with E-state index in [1.807, 2.05) is 0 Å². The number of nitrogens with one attached hydrogen (secondary N) is 1. The Hall–Kier alpha value is -1.96. The number of carboxylic acid groups (broad SMARTS) is 1. The summed E-state index contributed by atoms with van der Waals surface area (Å²) in [6.07, 6.45) is -0.0803. The summed E-state index contributed by atoms with van der Waals surface area (Å²) < 4.78 is 0.532. The number of nitro benzene ring substituents is 1. The number of carbonyl (C=O) groups is 2. The van der Waals surface area contributed by atoms with E-state index in [-0.39, 0.29) is 30.4 Å². The molecule has 114 valence electrons. The highest BCUT2D eigenvalue weighted by molar-refractivity contribution is 9.10. The highest BCUT2D eigenvalue weighted by Gasteiger charge is 2.17. The van der Waals surface area contributed by atoms with Crippen LogP contribution < -0.4 is 5.32 Å². The number of benzene rings is 1. The lowest BCUT2D eigenvalue weighted by atomic mass is 10.0. The molecule has 0 aliphatic heterocycles. The lowest BCUT2D eigenvalue weighted by molar-refractivity contribution is -0.385. The largest absolute Gasteiger partial charge is 0.481 e. The molecule has 1 aromatic carbocycles. The van der Waals surface area contributed by atoms with E-state index in [0.717, 1.165) is 0 Å². The van der Waals surface area contributed by atoms with Gasteiger partial charge in [0.25, 0.3) is 5.69 Å². The van der Waals surface area contributed by atoms with Gasteiger partial charge >= 0.3 is 5.97 Å². The van der Waals surface area contributed by atoms with E-state index in [2.05, 4.69) is 21.2 Å².